The van der Waals surface area contributed by atoms with Gasteiger partial charge < -0.3 is 5.32 Å². The van der Waals surface area contributed by atoms with Gasteiger partial charge >= 0.3 is 0 Å². The van der Waals surface area contributed by atoms with Crippen molar-refractivity contribution in [1.29, 1.82) is 0 Å². The minimum atomic E-state index is 0.767. The lowest BCUT2D eigenvalue weighted by Gasteiger charge is -2.10. The Bertz CT molecular complexity index is 508. The van der Waals surface area contributed by atoms with E-state index in [2.05, 4.69) is 55.3 Å². The standard InChI is InChI=1S/C12H13Br2N3/c1-2-17-10(5-6-16-17)8-15-12-7-9(13)3-4-11(12)14/h3-7,15H,2,8H2,1H3. The van der Waals surface area contributed by atoms with Crippen molar-refractivity contribution >= 4 is 37.5 Å². The Morgan fingerprint density at radius 2 is 2.12 bits per heavy atom. The Labute approximate surface area is 117 Å². The highest BCUT2D eigenvalue weighted by Gasteiger charge is 2.03. The van der Waals surface area contributed by atoms with Crippen LogP contribution < -0.4 is 5.32 Å². The van der Waals surface area contributed by atoms with Gasteiger partial charge in [-0.15, -0.1) is 0 Å². The number of rotatable bonds is 4. The van der Waals surface area contributed by atoms with Crippen molar-refractivity contribution in [3.05, 3.63) is 45.1 Å². The van der Waals surface area contributed by atoms with Crippen LogP contribution in [-0.4, -0.2) is 9.78 Å². The highest BCUT2D eigenvalue weighted by Crippen LogP contribution is 2.26. The Hall–Kier alpha value is -0.810. The van der Waals surface area contributed by atoms with Gasteiger partial charge in [-0.25, -0.2) is 0 Å². The molecule has 1 N–H and O–H groups in total. The molecular formula is C12H13Br2N3. The van der Waals surface area contributed by atoms with Gasteiger partial charge in [-0.1, -0.05) is 15.9 Å². The normalized spacial score (nSPS) is 10.5. The van der Waals surface area contributed by atoms with E-state index in [0.29, 0.717) is 0 Å². The van der Waals surface area contributed by atoms with E-state index in [1.54, 1.807) is 0 Å². The molecule has 2 rings (SSSR count). The summed E-state index contributed by atoms with van der Waals surface area (Å²) in [5.41, 5.74) is 2.25. The van der Waals surface area contributed by atoms with Crippen molar-refractivity contribution < 1.29 is 0 Å². The van der Waals surface area contributed by atoms with E-state index in [1.165, 1.54) is 5.69 Å². The first-order valence-corrected chi connectivity index (χ1v) is 6.99. The number of aromatic nitrogens is 2. The summed E-state index contributed by atoms with van der Waals surface area (Å²) in [5.74, 6) is 0. The molecule has 0 spiro atoms. The number of nitrogens with one attached hydrogen (secondary N) is 1. The maximum Gasteiger partial charge on any atom is 0.0575 e. The van der Waals surface area contributed by atoms with Crippen molar-refractivity contribution in [2.75, 3.05) is 5.32 Å². The third-order valence-electron chi connectivity index (χ3n) is 2.49. The molecule has 0 fully saturated rings. The van der Waals surface area contributed by atoms with E-state index in [0.717, 1.165) is 27.7 Å². The Morgan fingerprint density at radius 3 is 2.88 bits per heavy atom. The zero-order valence-electron chi connectivity index (χ0n) is 9.45. The molecular weight excluding hydrogens is 346 g/mol. The molecule has 0 unspecified atom stereocenters. The van der Waals surface area contributed by atoms with Crippen LogP contribution in [-0.2, 0) is 13.1 Å². The van der Waals surface area contributed by atoms with Gasteiger partial charge in [0.25, 0.3) is 0 Å². The van der Waals surface area contributed by atoms with Crippen LogP contribution in [0.4, 0.5) is 5.69 Å². The highest BCUT2D eigenvalue weighted by molar-refractivity contribution is 9.11. The fourth-order valence-corrected chi connectivity index (χ4v) is 2.36. The molecule has 5 heteroatoms. The van der Waals surface area contributed by atoms with Crippen LogP contribution >= 0.6 is 31.9 Å². The SMILES string of the molecule is CCn1nccc1CNc1cc(Br)ccc1Br. The number of anilines is 1. The zero-order chi connectivity index (χ0) is 12.3. The fraction of sp³-hybridized carbons (Fsp3) is 0.250. The van der Waals surface area contributed by atoms with Gasteiger partial charge in [0.1, 0.15) is 0 Å². The Balaban J connectivity index is 2.09. The molecule has 1 aromatic carbocycles. The summed E-state index contributed by atoms with van der Waals surface area (Å²) < 4.78 is 4.11. The van der Waals surface area contributed by atoms with Gasteiger partial charge in [-0.2, -0.15) is 5.10 Å². The summed E-state index contributed by atoms with van der Waals surface area (Å²) in [4.78, 5) is 0. The summed E-state index contributed by atoms with van der Waals surface area (Å²) in [6.45, 7) is 3.75. The van der Waals surface area contributed by atoms with Crippen LogP contribution in [0.1, 0.15) is 12.6 Å². The van der Waals surface area contributed by atoms with Gasteiger partial charge in [0, 0.05) is 27.4 Å². The molecule has 1 heterocycles. The summed E-state index contributed by atoms with van der Waals surface area (Å²) in [7, 11) is 0. The third-order valence-corrected chi connectivity index (χ3v) is 3.68. The lowest BCUT2D eigenvalue weighted by atomic mass is 10.3. The fourth-order valence-electron chi connectivity index (χ4n) is 1.61. The molecule has 0 aliphatic carbocycles. The highest BCUT2D eigenvalue weighted by atomic mass is 79.9. The van der Waals surface area contributed by atoms with Crippen molar-refractivity contribution in [1.82, 2.24) is 9.78 Å². The van der Waals surface area contributed by atoms with Crippen molar-refractivity contribution in [2.24, 2.45) is 0 Å². The molecule has 0 radical (unpaired) electrons. The number of aryl methyl sites for hydroxylation is 1. The topological polar surface area (TPSA) is 29.9 Å². The number of benzene rings is 1. The molecule has 0 saturated heterocycles. The molecule has 0 aliphatic rings. The smallest absolute Gasteiger partial charge is 0.0575 e. The number of nitrogens with zero attached hydrogens (tertiary/aromatic N) is 2. The van der Waals surface area contributed by atoms with Gasteiger partial charge in [-0.05, 0) is 47.1 Å². The van der Waals surface area contributed by atoms with E-state index < -0.39 is 0 Å². The predicted molar refractivity (Wildman–Crippen MR) is 77.1 cm³/mol. The van der Waals surface area contributed by atoms with E-state index in [1.807, 2.05) is 29.1 Å². The minimum absolute atomic E-state index is 0.767. The van der Waals surface area contributed by atoms with Crippen LogP contribution in [0, 0.1) is 0 Å². The van der Waals surface area contributed by atoms with Crippen LogP contribution in [0.2, 0.25) is 0 Å². The first-order chi connectivity index (χ1) is 8.20. The van der Waals surface area contributed by atoms with E-state index >= 15 is 0 Å². The summed E-state index contributed by atoms with van der Waals surface area (Å²) >= 11 is 6.99. The lowest BCUT2D eigenvalue weighted by molar-refractivity contribution is 0.627. The largest absolute Gasteiger partial charge is 0.378 e. The van der Waals surface area contributed by atoms with E-state index in [-0.39, 0.29) is 0 Å². The monoisotopic (exact) mass is 357 g/mol. The van der Waals surface area contributed by atoms with E-state index in [9.17, 15) is 0 Å². The summed E-state index contributed by atoms with van der Waals surface area (Å²) in [6, 6.07) is 8.11. The first kappa shape index (κ1) is 12.6. The number of hydrogen-bond donors (Lipinski definition) is 1. The second-order valence-electron chi connectivity index (χ2n) is 3.62. The van der Waals surface area contributed by atoms with Crippen LogP contribution in [0.5, 0.6) is 0 Å². The van der Waals surface area contributed by atoms with Gasteiger partial charge in [0.2, 0.25) is 0 Å². The van der Waals surface area contributed by atoms with Crippen molar-refractivity contribution in [3.63, 3.8) is 0 Å². The molecule has 2 aromatic rings. The first-order valence-electron chi connectivity index (χ1n) is 5.40. The second-order valence-corrected chi connectivity index (χ2v) is 5.39. The quantitative estimate of drug-likeness (QED) is 0.893. The van der Waals surface area contributed by atoms with Gasteiger partial charge in [0.15, 0.2) is 0 Å². The maximum absolute atomic E-state index is 4.24. The van der Waals surface area contributed by atoms with Gasteiger partial charge in [-0.3, -0.25) is 4.68 Å². The van der Waals surface area contributed by atoms with Crippen LogP contribution in [0.15, 0.2) is 39.4 Å². The van der Waals surface area contributed by atoms with Gasteiger partial charge in [0.05, 0.1) is 12.2 Å². The van der Waals surface area contributed by atoms with E-state index in [4.69, 9.17) is 0 Å². The molecule has 1 aromatic heterocycles. The average molecular weight is 359 g/mol. The molecule has 0 aliphatic heterocycles. The van der Waals surface area contributed by atoms with Crippen molar-refractivity contribution in [2.45, 2.75) is 20.0 Å². The molecule has 3 nitrogen and oxygen atoms in total. The number of hydrogen-bond acceptors (Lipinski definition) is 2. The Morgan fingerprint density at radius 1 is 1.29 bits per heavy atom. The minimum Gasteiger partial charge on any atom is -0.378 e. The summed E-state index contributed by atoms with van der Waals surface area (Å²) in [5, 5.41) is 7.64. The second kappa shape index (κ2) is 5.69. The number of halogens is 2. The average Bonchev–Trinajstić information content (AvgIpc) is 2.77. The molecule has 0 saturated carbocycles. The van der Waals surface area contributed by atoms with Crippen molar-refractivity contribution in [3.8, 4) is 0 Å². The summed E-state index contributed by atoms with van der Waals surface area (Å²) in [6.07, 6.45) is 1.83. The molecule has 17 heavy (non-hydrogen) atoms. The molecule has 0 atom stereocenters. The lowest BCUT2D eigenvalue weighted by Crippen LogP contribution is -2.08. The molecule has 0 amide bonds. The van der Waals surface area contributed by atoms with Crippen LogP contribution in [0.25, 0.3) is 0 Å². The zero-order valence-corrected chi connectivity index (χ0v) is 12.6. The third kappa shape index (κ3) is 3.10. The molecule has 0 bridgehead atoms. The Kier molecular flexibility index (Phi) is 4.23. The van der Waals surface area contributed by atoms with Crippen LogP contribution in [0.3, 0.4) is 0 Å². The maximum atomic E-state index is 4.24. The molecule has 90 valence electrons. The predicted octanol–water partition coefficient (Wildman–Crippen LogP) is 4.04.